The molecule has 4 heteroatoms. The van der Waals surface area contributed by atoms with Crippen LogP contribution in [-0.2, 0) is 15.1 Å². The van der Waals surface area contributed by atoms with Crippen molar-refractivity contribution in [1.82, 2.24) is 0 Å². The normalized spacial score (nSPS) is 11.2. The summed E-state index contributed by atoms with van der Waals surface area (Å²) in [6, 6.07) is 25.8. The lowest BCUT2D eigenvalue weighted by atomic mass is 9.86. The SMILES string of the molecule is C#C/C=C(\C#CC(OCOC)(c1ccccc1)c1ccccc1)c1ccccc1C(=O)O. The Kier molecular flexibility index (Phi) is 7.62. The lowest BCUT2D eigenvalue weighted by molar-refractivity contribution is -0.0893. The Hall–Kier alpha value is -4.09. The fourth-order valence-electron chi connectivity index (χ4n) is 3.33. The summed E-state index contributed by atoms with van der Waals surface area (Å²) in [7, 11) is 1.54. The Morgan fingerprint density at radius 3 is 1.97 bits per heavy atom. The molecule has 0 bridgehead atoms. The summed E-state index contributed by atoms with van der Waals surface area (Å²) in [5, 5.41) is 9.61. The number of terminal acetylenes is 1. The lowest BCUT2D eigenvalue weighted by Crippen LogP contribution is -2.30. The van der Waals surface area contributed by atoms with E-state index < -0.39 is 11.6 Å². The van der Waals surface area contributed by atoms with Crippen molar-refractivity contribution in [3.05, 3.63) is 113 Å². The molecular formula is C28H22O4. The first kappa shape index (κ1) is 22.6. The van der Waals surface area contributed by atoms with E-state index in [1.165, 1.54) is 12.1 Å². The van der Waals surface area contributed by atoms with Crippen LogP contribution in [0.2, 0.25) is 0 Å². The quantitative estimate of drug-likeness (QED) is 0.432. The van der Waals surface area contributed by atoms with Crippen LogP contribution in [-0.4, -0.2) is 25.0 Å². The molecular weight excluding hydrogens is 400 g/mol. The molecule has 3 aromatic carbocycles. The van der Waals surface area contributed by atoms with Gasteiger partial charge < -0.3 is 14.6 Å². The van der Waals surface area contributed by atoms with Gasteiger partial charge in [-0.3, -0.25) is 0 Å². The molecule has 0 fully saturated rings. The van der Waals surface area contributed by atoms with E-state index in [1.54, 1.807) is 25.3 Å². The van der Waals surface area contributed by atoms with Gasteiger partial charge in [-0.15, -0.1) is 6.42 Å². The van der Waals surface area contributed by atoms with Crippen molar-refractivity contribution in [3.8, 4) is 24.2 Å². The first-order chi connectivity index (χ1) is 15.6. The van der Waals surface area contributed by atoms with Crippen molar-refractivity contribution in [2.24, 2.45) is 0 Å². The van der Waals surface area contributed by atoms with Gasteiger partial charge in [-0.25, -0.2) is 4.79 Å². The summed E-state index contributed by atoms with van der Waals surface area (Å²) in [6.07, 6.45) is 7.01. The number of carbonyl (C=O) groups is 1. The molecule has 0 heterocycles. The van der Waals surface area contributed by atoms with Gasteiger partial charge in [0, 0.05) is 35.4 Å². The van der Waals surface area contributed by atoms with Crippen LogP contribution in [0.15, 0.2) is 91.0 Å². The highest BCUT2D eigenvalue weighted by Crippen LogP contribution is 2.34. The van der Waals surface area contributed by atoms with Crippen molar-refractivity contribution in [1.29, 1.82) is 0 Å². The summed E-state index contributed by atoms with van der Waals surface area (Å²) >= 11 is 0. The zero-order chi connectivity index (χ0) is 22.8. The summed E-state index contributed by atoms with van der Waals surface area (Å²) in [4.78, 5) is 11.7. The van der Waals surface area contributed by atoms with E-state index in [0.717, 1.165) is 11.1 Å². The number of carboxylic acids is 1. The number of ether oxygens (including phenoxy) is 2. The smallest absolute Gasteiger partial charge is 0.336 e. The predicted molar refractivity (Wildman–Crippen MR) is 125 cm³/mol. The Bertz CT molecular complexity index is 1150. The average molecular weight is 422 g/mol. The van der Waals surface area contributed by atoms with Gasteiger partial charge in [0.25, 0.3) is 0 Å². The molecule has 0 saturated carbocycles. The molecule has 0 aromatic heterocycles. The van der Waals surface area contributed by atoms with Crippen molar-refractivity contribution in [2.75, 3.05) is 13.9 Å². The van der Waals surface area contributed by atoms with Crippen LogP contribution in [0.3, 0.4) is 0 Å². The molecule has 32 heavy (non-hydrogen) atoms. The maximum Gasteiger partial charge on any atom is 0.336 e. The molecule has 4 nitrogen and oxygen atoms in total. The van der Waals surface area contributed by atoms with Crippen LogP contribution in [0, 0.1) is 24.2 Å². The van der Waals surface area contributed by atoms with Gasteiger partial charge in [0.15, 0.2) is 5.60 Å². The first-order valence-electron chi connectivity index (χ1n) is 9.88. The third-order valence-corrected chi connectivity index (χ3v) is 4.80. The number of methoxy groups -OCH3 is 1. The second kappa shape index (κ2) is 10.8. The maximum absolute atomic E-state index is 11.7. The molecule has 158 valence electrons. The third-order valence-electron chi connectivity index (χ3n) is 4.80. The second-order valence-corrected chi connectivity index (χ2v) is 6.79. The van der Waals surface area contributed by atoms with Crippen LogP contribution in [0.25, 0.3) is 5.57 Å². The minimum atomic E-state index is -1.16. The van der Waals surface area contributed by atoms with E-state index in [2.05, 4.69) is 17.8 Å². The van der Waals surface area contributed by atoms with Crippen LogP contribution in [0.5, 0.6) is 0 Å². The molecule has 3 aromatic rings. The number of carboxylic acid groups (broad SMARTS) is 1. The Morgan fingerprint density at radius 1 is 0.938 bits per heavy atom. The van der Waals surface area contributed by atoms with Crippen molar-refractivity contribution < 1.29 is 19.4 Å². The van der Waals surface area contributed by atoms with Gasteiger partial charge in [-0.1, -0.05) is 96.6 Å². The summed E-state index contributed by atoms with van der Waals surface area (Å²) in [6.45, 7) is -0.00162. The van der Waals surface area contributed by atoms with E-state index in [-0.39, 0.29) is 12.4 Å². The minimum absolute atomic E-state index is 0.00162. The van der Waals surface area contributed by atoms with E-state index in [1.807, 2.05) is 60.7 Å². The molecule has 0 aliphatic carbocycles. The van der Waals surface area contributed by atoms with Crippen LogP contribution < -0.4 is 0 Å². The van der Waals surface area contributed by atoms with Crippen LogP contribution >= 0.6 is 0 Å². The minimum Gasteiger partial charge on any atom is -0.478 e. The van der Waals surface area contributed by atoms with Gasteiger partial charge in [0.05, 0.1) is 5.56 Å². The molecule has 0 radical (unpaired) electrons. The molecule has 0 amide bonds. The lowest BCUT2D eigenvalue weighted by Gasteiger charge is -2.29. The van der Waals surface area contributed by atoms with Gasteiger partial charge >= 0.3 is 5.97 Å². The van der Waals surface area contributed by atoms with Gasteiger partial charge in [0.1, 0.15) is 6.79 Å². The second-order valence-electron chi connectivity index (χ2n) is 6.79. The highest BCUT2D eigenvalue weighted by molar-refractivity contribution is 5.97. The van der Waals surface area contributed by atoms with Gasteiger partial charge in [0.2, 0.25) is 0 Å². The standard InChI is InChI=1S/C28H22O4/c1-3-12-22(25-17-10-11-18-26(25)27(29)30)19-20-28(32-21-31-2,23-13-6-4-7-14-23)24-15-8-5-9-16-24/h1,4-18H,21H2,2H3,(H,29,30)/b22-12+. The van der Waals surface area contributed by atoms with Gasteiger partial charge in [-0.2, -0.15) is 0 Å². The highest BCUT2D eigenvalue weighted by atomic mass is 16.7. The molecule has 0 unspecified atom stereocenters. The Labute approximate surface area is 188 Å². The topological polar surface area (TPSA) is 55.8 Å². The average Bonchev–Trinajstić information content (AvgIpc) is 2.84. The predicted octanol–water partition coefficient (Wildman–Crippen LogP) is 4.97. The number of benzene rings is 3. The van der Waals surface area contributed by atoms with Crippen molar-refractivity contribution in [3.63, 3.8) is 0 Å². The van der Waals surface area contributed by atoms with E-state index in [0.29, 0.717) is 11.1 Å². The van der Waals surface area contributed by atoms with E-state index in [4.69, 9.17) is 15.9 Å². The zero-order valence-electron chi connectivity index (χ0n) is 17.6. The van der Waals surface area contributed by atoms with E-state index >= 15 is 0 Å². The monoisotopic (exact) mass is 422 g/mol. The fourth-order valence-corrected chi connectivity index (χ4v) is 3.33. The molecule has 3 rings (SSSR count). The van der Waals surface area contributed by atoms with E-state index in [9.17, 15) is 9.90 Å². The fraction of sp³-hybridized carbons (Fsp3) is 0.107. The summed E-state index contributed by atoms with van der Waals surface area (Å²) in [5.74, 6) is 7.76. The molecule has 0 atom stereocenters. The van der Waals surface area contributed by atoms with Crippen LogP contribution in [0.1, 0.15) is 27.0 Å². The largest absolute Gasteiger partial charge is 0.478 e. The molecule has 0 spiro atoms. The van der Waals surface area contributed by atoms with Gasteiger partial charge in [-0.05, 0) is 6.07 Å². The maximum atomic E-state index is 11.7. The third kappa shape index (κ3) is 4.96. The molecule has 0 aliphatic heterocycles. The number of allylic oxidation sites excluding steroid dienone is 2. The van der Waals surface area contributed by atoms with Crippen molar-refractivity contribution in [2.45, 2.75) is 5.60 Å². The Morgan fingerprint density at radius 2 is 1.47 bits per heavy atom. The zero-order valence-corrected chi connectivity index (χ0v) is 17.6. The molecule has 0 aliphatic rings. The number of hydrogen-bond donors (Lipinski definition) is 1. The first-order valence-corrected chi connectivity index (χ1v) is 9.88. The molecule has 1 N–H and O–H groups in total. The van der Waals surface area contributed by atoms with Crippen LogP contribution in [0.4, 0.5) is 0 Å². The molecule has 0 saturated heterocycles. The number of aromatic carboxylic acids is 1. The summed E-state index contributed by atoms with van der Waals surface area (Å²) in [5.41, 5.74) is 1.41. The number of rotatable bonds is 7. The number of hydrogen-bond acceptors (Lipinski definition) is 3. The highest BCUT2D eigenvalue weighted by Gasteiger charge is 2.34. The van der Waals surface area contributed by atoms with Crippen molar-refractivity contribution >= 4 is 11.5 Å². The Balaban J connectivity index is 2.25. The summed E-state index contributed by atoms with van der Waals surface area (Å²) < 4.78 is 11.4.